The summed E-state index contributed by atoms with van der Waals surface area (Å²) < 4.78 is 10.7. The number of hydrogen-bond donors (Lipinski definition) is 0. The fourth-order valence-corrected chi connectivity index (χ4v) is 5.17. The lowest BCUT2D eigenvalue weighted by Gasteiger charge is -2.25. The van der Waals surface area contributed by atoms with E-state index in [1.54, 1.807) is 14.2 Å². The first-order valence-corrected chi connectivity index (χ1v) is 14.6. The van der Waals surface area contributed by atoms with Gasteiger partial charge >= 0.3 is 0 Å². The van der Waals surface area contributed by atoms with Crippen molar-refractivity contribution in [1.82, 2.24) is 0 Å². The minimum atomic E-state index is 0.837. The highest BCUT2D eigenvalue weighted by molar-refractivity contribution is 5.80. The first-order chi connectivity index (χ1) is 21.7. The normalized spacial score (nSPS) is 10.9. The van der Waals surface area contributed by atoms with E-state index in [1.165, 1.54) is 0 Å². The van der Waals surface area contributed by atoms with Gasteiger partial charge in [-0.3, -0.25) is 0 Å². The summed E-state index contributed by atoms with van der Waals surface area (Å²) in [5.41, 5.74) is 8.76. The molecule has 4 nitrogen and oxygen atoms in total. The second kappa shape index (κ2) is 13.5. The summed E-state index contributed by atoms with van der Waals surface area (Å²) in [6.07, 6.45) is 4.30. The predicted molar refractivity (Wildman–Crippen MR) is 184 cm³/mol. The topological polar surface area (TPSA) is 24.9 Å². The molecule has 0 atom stereocenters. The molecule has 44 heavy (non-hydrogen) atoms. The van der Waals surface area contributed by atoms with Gasteiger partial charge in [-0.1, -0.05) is 72.8 Å². The van der Waals surface area contributed by atoms with Gasteiger partial charge in [-0.05, 0) is 108 Å². The first kappa shape index (κ1) is 28.4. The molecule has 0 unspecified atom stereocenters. The van der Waals surface area contributed by atoms with Crippen molar-refractivity contribution in [2.45, 2.75) is 0 Å². The van der Waals surface area contributed by atoms with E-state index in [0.717, 1.165) is 56.8 Å². The quantitative estimate of drug-likeness (QED) is 0.152. The molecule has 0 saturated carbocycles. The van der Waals surface area contributed by atoms with Crippen LogP contribution >= 0.6 is 0 Å². The van der Waals surface area contributed by atoms with Gasteiger partial charge in [0, 0.05) is 34.1 Å². The summed E-state index contributed by atoms with van der Waals surface area (Å²) in [4.78, 5) is 4.49. The second-order valence-corrected chi connectivity index (χ2v) is 10.3. The zero-order valence-corrected chi connectivity index (χ0v) is 24.9. The van der Waals surface area contributed by atoms with E-state index in [0.29, 0.717) is 0 Å². The van der Waals surface area contributed by atoms with E-state index in [2.05, 4.69) is 143 Å². The van der Waals surface area contributed by atoms with Gasteiger partial charge in [0.05, 0.1) is 14.2 Å². The fourth-order valence-electron chi connectivity index (χ4n) is 5.17. The van der Waals surface area contributed by atoms with Gasteiger partial charge in [0.2, 0.25) is 0 Å². The monoisotopic (exact) mass is 574 g/mol. The Morgan fingerprint density at radius 1 is 0.341 bits per heavy atom. The average Bonchev–Trinajstić information content (AvgIpc) is 3.10. The van der Waals surface area contributed by atoms with E-state index in [9.17, 15) is 0 Å². The van der Waals surface area contributed by atoms with Crippen molar-refractivity contribution in [3.63, 3.8) is 0 Å². The van der Waals surface area contributed by atoms with E-state index in [4.69, 9.17) is 9.47 Å². The summed E-state index contributed by atoms with van der Waals surface area (Å²) >= 11 is 0. The molecule has 0 bridgehead atoms. The lowest BCUT2D eigenvalue weighted by Crippen LogP contribution is -2.09. The molecule has 6 aromatic carbocycles. The van der Waals surface area contributed by atoms with Gasteiger partial charge in [0.1, 0.15) is 11.5 Å². The first-order valence-electron chi connectivity index (χ1n) is 14.6. The summed E-state index contributed by atoms with van der Waals surface area (Å²) in [6.45, 7) is 0. The van der Waals surface area contributed by atoms with Gasteiger partial charge < -0.3 is 19.3 Å². The van der Waals surface area contributed by atoms with Crippen LogP contribution in [0.4, 0.5) is 34.1 Å². The Morgan fingerprint density at radius 2 is 0.614 bits per heavy atom. The van der Waals surface area contributed by atoms with E-state index < -0.39 is 0 Å². The van der Waals surface area contributed by atoms with Gasteiger partial charge in [0.25, 0.3) is 0 Å². The van der Waals surface area contributed by atoms with Crippen LogP contribution in [0.25, 0.3) is 12.2 Å². The third kappa shape index (κ3) is 6.50. The number of hydrogen-bond acceptors (Lipinski definition) is 4. The van der Waals surface area contributed by atoms with Gasteiger partial charge in [-0.2, -0.15) is 0 Å². The summed E-state index contributed by atoms with van der Waals surface area (Å²) in [7, 11) is 3.37. The van der Waals surface area contributed by atoms with Crippen LogP contribution in [0, 0.1) is 0 Å². The average molecular weight is 575 g/mol. The maximum atomic E-state index is 5.37. The molecule has 0 saturated heterocycles. The lowest BCUT2D eigenvalue weighted by molar-refractivity contribution is 0.414. The Hall–Kier alpha value is -5.74. The molecule has 0 N–H and O–H groups in total. The Morgan fingerprint density at radius 3 is 0.909 bits per heavy atom. The Kier molecular flexibility index (Phi) is 8.70. The number of anilines is 6. The number of rotatable bonds is 10. The van der Waals surface area contributed by atoms with Crippen LogP contribution in [-0.2, 0) is 0 Å². The molecule has 6 aromatic rings. The molecule has 0 fully saturated rings. The predicted octanol–water partition coefficient (Wildman–Crippen LogP) is 10.8. The number of ether oxygens (including phenoxy) is 2. The molecule has 0 spiro atoms. The molecule has 0 radical (unpaired) electrons. The number of benzene rings is 6. The van der Waals surface area contributed by atoms with Gasteiger partial charge in [-0.25, -0.2) is 0 Å². The molecule has 0 aliphatic heterocycles. The van der Waals surface area contributed by atoms with E-state index >= 15 is 0 Å². The Balaban J connectivity index is 1.22. The molecule has 6 rings (SSSR count). The standard InChI is InChI=1S/C40H34N2O2/c1-43-39-27-23-37(24-28-39)41(33-9-5-3-6-10-33)35-19-15-31(16-20-35)13-14-32-17-21-36(22-18-32)42(34-11-7-4-8-12-34)38-25-29-40(44-2)30-26-38/h3-30H,1-2H3. The van der Waals surface area contributed by atoms with Crippen molar-refractivity contribution >= 4 is 46.3 Å². The third-order valence-corrected chi connectivity index (χ3v) is 7.46. The molecule has 0 heterocycles. The summed E-state index contributed by atoms with van der Waals surface area (Å²) in [5.74, 6) is 1.67. The zero-order chi connectivity index (χ0) is 30.1. The number of para-hydroxylation sites is 2. The number of methoxy groups -OCH3 is 2. The maximum absolute atomic E-state index is 5.37. The van der Waals surface area contributed by atoms with Gasteiger partial charge in [-0.15, -0.1) is 0 Å². The smallest absolute Gasteiger partial charge is 0.119 e. The SMILES string of the molecule is COc1ccc(N(c2ccccc2)c2ccc(C=Cc3ccc(N(c4ccccc4)c4ccc(OC)cc4)cc3)cc2)cc1. The van der Waals surface area contributed by atoms with Crippen molar-refractivity contribution in [2.24, 2.45) is 0 Å². The van der Waals surface area contributed by atoms with Crippen LogP contribution < -0.4 is 19.3 Å². The zero-order valence-electron chi connectivity index (χ0n) is 24.9. The summed E-state index contributed by atoms with van der Waals surface area (Å²) in [5, 5.41) is 0. The molecular formula is C40H34N2O2. The Bertz CT molecular complexity index is 1650. The summed E-state index contributed by atoms with van der Waals surface area (Å²) in [6, 6.07) is 54.3. The van der Waals surface area contributed by atoms with Crippen molar-refractivity contribution < 1.29 is 9.47 Å². The van der Waals surface area contributed by atoms with Crippen LogP contribution in [0.5, 0.6) is 11.5 Å². The second-order valence-electron chi connectivity index (χ2n) is 10.3. The van der Waals surface area contributed by atoms with Crippen LogP contribution in [0.15, 0.2) is 158 Å². The molecule has 4 heteroatoms. The van der Waals surface area contributed by atoms with Crippen molar-refractivity contribution in [3.8, 4) is 11.5 Å². The highest BCUT2D eigenvalue weighted by atomic mass is 16.5. The molecule has 0 aliphatic carbocycles. The molecule has 0 aliphatic rings. The molecule has 0 aromatic heterocycles. The fraction of sp³-hybridized carbons (Fsp3) is 0.0500. The molecule has 0 amide bonds. The van der Waals surface area contributed by atoms with Crippen LogP contribution in [0.2, 0.25) is 0 Å². The maximum Gasteiger partial charge on any atom is 0.119 e. The third-order valence-electron chi connectivity index (χ3n) is 7.46. The van der Waals surface area contributed by atoms with Crippen molar-refractivity contribution in [2.75, 3.05) is 24.0 Å². The Labute approximate surface area is 259 Å². The molecule has 216 valence electrons. The van der Waals surface area contributed by atoms with Crippen LogP contribution in [0.3, 0.4) is 0 Å². The minimum Gasteiger partial charge on any atom is -0.497 e. The highest BCUT2D eigenvalue weighted by Gasteiger charge is 2.13. The van der Waals surface area contributed by atoms with Crippen LogP contribution in [-0.4, -0.2) is 14.2 Å². The van der Waals surface area contributed by atoms with Crippen molar-refractivity contribution in [3.05, 3.63) is 169 Å². The highest BCUT2D eigenvalue weighted by Crippen LogP contribution is 2.37. The molecular weight excluding hydrogens is 540 g/mol. The largest absolute Gasteiger partial charge is 0.497 e. The van der Waals surface area contributed by atoms with Crippen molar-refractivity contribution in [1.29, 1.82) is 0 Å². The van der Waals surface area contributed by atoms with Gasteiger partial charge in [0.15, 0.2) is 0 Å². The van der Waals surface area contributed by atoms with Crippen LogP contribution in [0.1, 0.15) is 11.1 Å². The lowest BCUT2D eigenvalue weighted by atomic mass is 10.1. The number of nitrogens with zero attached hydrogens (tertiary/aromatic N) is 2. The van der Waals surface area contributed by atoms with E-state index in [-0.39, 0.29) is 0 Å². The van der Waals surface area contributed by atoms with E-state index in [1.807, 2.05) is 36.4 Å². The minimum absolute atomic E-state index is 0.837.